The third kappa shape index (κ3) is 4.30. The molecule has 0 bridgehead atoms. The summed E-state index contributed by atoms with van der Waals surface area (Å²) in [6.45, 7) is 8.92. The van der Waals surface area contributed by atoms with Crippen molar-refractivity contribution in [2.75, 3.05) is 19.6 Å². The first-order valence-corrected chi connectivity index (χ1v) is 10.4. The quantitative estimate of drug-likeness (QED) is 0.677. The zero-order valence-electron chi connectivity index (χ0n) is 18.2. The minimum Gasteiger partial charge on any atom is -0.356 e. The molecule has 3 rings (SSSR count). The van der Waals surface area contributed by atoms with Crippen LogP contribution in [0.2, 0.25) is 0 Å². The molecule has 0 atom stereocenters. The lowest BCUT2D eigenvalue weighted by atomic mass is 9.73. The number of aromatic nitrogens is 2. The van der Waals surface area contributed by atoms with Gasteiger partial charge in [-0.25, -0.2) is 0 Å². The number of carbonyl (C=O) groups excluding carboxylic acids is 3. The fraction of sp³-hybridized carbons (Fsp3) is 0.478. The van der Waals surface area contributed by atoms with Gasteiger partial charge in [0.15, 0.2) is 5.78 Å². The molecule has 2 aromatic rings. The van der Waals surface area contributed by atoms with Crippen molar-refractivity contribution in [2.45, 2.75) is 47.1 Å². The van der Waals surface area contributed by atoms with Gasteiger partial charge in [0.1, 0.15) is 0 Å². The summed E-state index contributed by atoms with van der Waals surface area (Å²) in [5.41, 5.74) is 2.62. The van der Waals surface area contributed by atoms with Crippen LogP contribution >= 0.6 is 0 Å². The second-order valence-corrected chi connectivity index (χ2v) is 8.13. The number of ketones is 1. The maximum atomic E-state index is 12.8. The van der Waals surface area contributed by atoms with Crippen LogP contribution in [0.3, 0.4) is 0 Å². The lowest BCUT2D eigenvalue weighted by Crippen LogP contribution is -2.65. The van der Waals surface area contributed by atoms with Gasteiger partial charge in [-0.2, -0.15) is 5.10 Å². The molecule has 0 spiro atoms. The molecule has 1 aliphatic rings. The number of hydrogen-bond donors (Lipinski definition) is 1. The van der Waals surface area contributed by atoms with Crippen LogP contribution in [0.5, 0.6) is 0 Å². The topological polar surface area (TPSA) is 84.3 Å². The van der Waals surface area contributed by atoms with Crippen LogP contribution in [-0.2, 0) is 22.6 Å². The second-order valence-electron chi connectivity index (χ2n) is 8.13. The lowest BCUT2D eigenvalue weighted by molar-refractivity contribution is -0.153. The molecule has 2 amide bonds. The highest BCUT2D eigenvalue weighted by Gasteiger charge is 2.50. The minimum absolute atomic E-state index is 0.0000804. The first kappa shape index (κ1) is 21.7. The number of amides is 2. The van der Waals surface area contributed by atoms with Crippen LogP contribution in [-0.4, -0.2) is 51.9 Å². The normalized spacial score (nSPS) is 14.9. The van der Waals surface area contributed by atoms with E-state index >= 15 is 0 Å². The van der Waals surface area contributed by atoms with Crippen molar-refractivity contribution in [1.29, 1.82) is 0 Å². The summed E-state index contributed by atoms with van der Waals surface area (Å²) in [6.07, 6.45) is 0.902. The Morgan fingerprint density at radius 1 is 1.13 bits per heavy atom. The van der Waals surface area contributed by atoms with Gasteiger partial charge in [0.2, 0.25) is 11.8 Å². The lowest BCUT2D eigenvalue weighted by Gasteiger charge is -2.49. The molecule has 0 aliphatic carbocycles. The molecule has 7 nitrogen and oxygen atoms in total. The van der Waals surface area contributed by atoms with Gasteiger partial charge in [-0.15, -0.1) is 0 Å². The van der Waals surface area contributed by atoms with Gasteiger partial charge in [0, 0.05) is 38.3 Å². The Morgan fingerprint density at radius 2 is 1.80 bits per heavy atom. The number of nitrogens with one attached hydrogen (secondary N) is 1. The van der Waals surface area contributed by atoms with Gasteiger partial charge in [-0.05, 0) is 39.7 Å². The highest BCUT2D eigenvalue weighted by molar-refractivity contribution is 5.96. The monoisotopic (exact) mass is 410 g/mol. The SMILES string of the molecule is CCNC(=O)C1(Cc2ccccc2)CN(C(=O)CCn2nc(C)c(C(C)=O)c2C)C1. The van der Waals surface area contributed by atoms with Crippen LogP contribution in [0.15, 0.2) is 30.3 Å². The summed E-state index contributed by atoms with van der Waals surface area (Å²) in [4.78, 5) is 39.0. The van der Waals surface area contributed by atoms with Gasteiger partial charge >= 0.3 is 0 Å². The van der Waals surface area contributed by atoms with Gasteiger partial charge < -0.3 is 10.2 Å². The Bertz CT molecular complexity index is 943. The molecular weight excluding hydrogens is 380 g/mol. The summed E-state index contributed by atoms with van der Waals surface area (Å²) in [5.74, 6) is -0.0135. The van der Waals surface area contributed by atoms with E-state index in [4.69, 9.17) is 0 Å². The van der Waals surface area contributed by atoms with Gasteiger partial charge in [-0.3, -0.25) is 19.1 Å². The van der Waals surface area contributed by atoms with Crippen molar-refractivity contribution in [2.24, 2.45) is 5.41 Å². The Balaban J connectivity index is 1.64. The minimum atomic E-state index is -0.576. The van der Waals surface area contributed by atoms with E-state index in [1.807, 2.05) is 51.1 Å². The number of carbonyl (C=O) groups is 3. The number of Topliss-reactive ketones (excluding diaryl/α,β-unsaturated/α-hetero) is 1. The molecule has 7 heteroatoms. The fourth-order valence-corrected chi connectivity index (χ4v) is 4.31. The molecule has 0 radical (unpaired) electrons. The highest BCUT2D eigenvalue weighted by atomic mass is 16.2. The molecule has 1 fully saturated rings. The van der Waals surface area contributed by atoms with E-state index in [-0.39, 0.29) is 24.0 Å². The molecule has 1 aromatic carbocycles. The van der Waals surface area contributed by atoms with Gasteiger partial charge in [0.25, 0.3) is 0 Å². The zero-order valence-corrected chi connectivity index (χ0v) is 18.2. The Kier molecular flexibility index (Phi) is 6.39. The summed E-state index contributed by atoms with van der Waals surface area (Å²) < 4.78 is 1.73. The summed E-state index contributed by atoms with van der Waals surface area (Å²) in [7, 11) is 0. The average Bonchev–Trinajstić information content (AvgIpc) is 2.96. The van der Waals surface area contributed by atoms with Crippen molar-refractivity contribution >= 4 is 17.6 Å². The van der Waals surface area contributed by atoms with Crippen molar-refractivity contribution in [3.63, 3.8) is 0 Å². The standard InChI is InChI=1S/C23H30N4O3/c1-5-24-22(30)23(13-19-9-7-6-8-10-19)14-26(15-23)20(29)11-12-27-17(3)21(18(4)28)16(2)25-27/h6-10H,5,11-15H2,1-4H3,(H,24,30). The van der Waals surface area contributed by atoms with Crippen LogP contribution in [0.1, 0.15) is 47.6 Å². The maximum absolute atomic E-state index is 12.8. The summed E-state index contributed by atoms with van der Waals surface area (Å²) in [5, 5.41) is 7.33. The van der Waals surface area contributed by atoms with Crippen LogP contribution in [0, 0.1) is 19.3 Å². The first-order chi connectivity index (χ1) is 14.3. The molecule has 1 N–H and O–H groups in total. The maximum Gasteiger partial charge on any atom is 0.230 e. The molecule has 1 aliphatic heterocycles. The first-order valence-electron chi connectivity index (χ1n) is 10.4. The van der Waals surface area contributed by atoms with Crippen molar-refractivity contribution in [3.8, 4) is 0 Å². The Labute approximate surface area is 177 Å². The van der Waals surface area contributed by atoms with Crippen molar-refractivity contribution < 1.29 is 14.4 Å². The van der Waals surface area contributed by atoms with Gasteiger partial charge in [-0.1, -0.05) is 30.3 Å². The molecular formula is C23H30N4O3. The molecule has 1 aromatic heterocycles. The molecule has 0 saturated carbocycles. The summed E-state index contributed by atoms with van der Waals surface area (Å²) >= 11 is 0. The average molecular weight is 411 g/mol. The second kappa shape index (κ2) is 8.81. The highest BCUT2D eigenvalue weighted by Crippen LogP contribution is 2.35. The number of nitrogens with zero attached hydrogens (tertiary/aromatic N) is 3. The number of likely N-dealkylation sites (tertiary alicyclic amines) is 1. The van der Waals surface area contributed by atoms with E-state index in [1.54, 1.807) is 9.58 Å². The third-order valence-corrected chi connectivity index (χ3v) is 5.82. The summed E-state index contributed by atoms with van der Waals surface area (Å²) in [6, 6.07) is 9.91. The predicted molar refractivity (Wildman–Crippen MR) is 114 cm³/mol. The van der Waals surface area contributed by atoms with E-state index < -0.39 is 5.41 Å². The predicted octanol–water partition coefficient (Wildman–Crippen LogP) is 2.30. The fourth-order valence-electron chi connectivity index (χ4n) is 4.31. The van der Waals surface area contributed by atoms with E-state index in [0.29, 0.717) is 43.9 Å². The third-order valence-electron chi connectivity index (χ3n) is 5.82. The van der Waals surface area contributed by atoms with Gasteiger partial charge in [0.05, 0.1) is 16.7 Å². The van der Waals surface area contributed by atoms with Crippen LogP contribution in [0.4, 0.5) is 0 Å². The molecule has 0 unspecified atom stereocenters. The van der Waals surface area contributed by atoms with Crippen LogP contribution in [0.25, 0.3) is 0 Å². The van der Waals surface area contributed by atoms with Crippen molar-refractivity contribution in [3.05, 3.63) is 52.8 Å². The number of rotatable bonds is 8. The number of hydrogen-bond acceptors (Lipinski definition) is 4. The largest absolute Gasteiger partial charge is 0.356 e. The van der Waals surface area contributed by atoms with E-state index in [1.165, 1.54) is 6.92 Å². The molecule has 1 saturated heterocycles. The molecule has 2 heterocycles. The van der Waals surface area contributed by atoms with E-state index in [9.17, 15) is 14.4 Å². The Morgan fingerprint density at radius 3 is 2.37 bits per heavy atom. The van der Waals surface area contributed by atoms with Crippen molar-refractivity contribution in [1.82, 2.24) is 20.0 Å². The molecule has 30 heavy (non-hydrogen) atoms. The Hall–Kier alpha value is -2.96. The van der Waals surface area contributed by atoms with Crippen LogP contribution < -0.4 is 5.32 Å². The van der Waals surface area contributed by atoms with E-state index in [2.05, 4.69) is 10.4 Å². The number of aryl methyl sites for hydroxylation is 2. The van der Waals surface area contributed by atoms with E-state index in [0.717, 1.165) is 11.3 Å². The smallest absolute Gasteiger partial charge is 0.230 e. The number of benzene rings is 1. The zero-order chi connectivity index (χ0) is 21.9. The molecule has 160 valence electrons.